The molecule has 0 aromatic carbocycles. The van der Waals surface area contributed by atoms with Crippen molar-refractivity contribution in [2.45, 2.75) is 0 Å². The standard InChI is InChI=1S/2Na.H2OS.2H/c;;1-2;;/h;;1-2H;;. The van der Waals surface area contributed by atoms with Crippen molar-refractivity contribution >= 4 is 72.0 Å². The van der Waals surface area contributed by atoms with Gasteiger partial charge in [0.05, 0.1) is 0 Å². The van der Waals surface area contributed by atoms with Gasteiger partial charge in [0, 0.05) is 0 Å². The summed E-state index contributed by atoms with van der Waals surface area (Å²) in [7, 11) is 0. The Kier molecular flexibility index (Phi) is 75.0. The quantitative estimate of drug-likeness (QED) is 0.228. The van der Waals surface area contributed by atoms with Crippen LogP contribution in [-0.4, -0.2) is 63.7 Å². The van der Waals surface area contributed by atoms with Crippen molar-refractivity contribution in [2.24, 2.45) is 0 Å². The van der Waals surface area contributed by atoms with Crippen molar-refractivity contribution in [3.05, 3.63) is 0 Å². The van der Waals surface area contributed by atoms with E-state index in [9.17, 15) is 0 Å². The van der Waals surface area contributed by atoms with Gasteiger partial charge in [0.25, 0.3) is 0 Å². The third-order valence-electron chi connectivity index (χ3n) is 0. The summed E-state index contributed by atoms with van der Waals surface area (Å²) in [6, 6.07) is 0. The van der Waals surface area contributed by atoms with E-state index in [0.717, 1.165) is 0 Å². The Morgan fingerprint density at radius 2 is 1.00 bits per heavy atom. The zero-order chi connectivity index (χ0) is 2.00. The van der Waals surface area contributed by atoms with Crippen LogP contribution in [0.1, 0.15) is 0 Å². The molecule has 0 heterocycles. The van der Waals surface area contributed by atoms with Gasteiger partial charge in [-0.15, -0.1) is 0 Å². The van der Waals surface area contributed by atoms with Crippen LogP contribution in [0.3, 0.4) is 0 Å². The van der Waals surface area contributed by atoms with Crippen LogP contribution in [0, 0.1) is 0 Å². The molecule has 0 fully saturated rings. The second kappa shape index (κ2) is 18.5. The second-order valence-electron chi connectivity index (χ2n) is 0. The molecular formula is H4Na2OS. The van der Waals surface area contributed by atoms with Gasteiger partial charge in [-0.2, -0.15) is 0 Å². The maximum absolute atomic E-state index is 6.69. The van der Waals surface area contributed by atoms with Gasteiger partial charge in [-0.1, -0.05) is 0 Å². The molecule has 0 aliphatic rings. The fourth-order valence-corrected chi connectivity index (χ4v) is 0. The van der Waals surface area contributed by atoms with Crippen LogP contribution < -0.4 is 0 Å². The summed E-state index contributed by atoms with van der Waals surface area (Å²) in [4.78, 5) is 0. The van der Waals surface area contributed by atoms with Crippen LogP contribution in [0.4, 0.5) is 0 Å². The van der Waals surface area contributed by atoms with Crippen molar-refractivity contribution < 1.29 is 4.55 Å². The molecule has 0 atom stereocenters. The summed E-state index contributed by atoms with van der Waals surface area (Å²) in [6.07, 6.45) is 0. The van der Waals surface area contributed by atoms with Gasteiger partial charge in [0.15, 0.2) is 0 Å². The average Bonchev–Trinajstić information content (AvgIpc) is 1.00. The van der Waals surface area contributed by atoms with E-state index < -0.39 is 0 Å². The molecule has 0 amide bonds. The van der Waals surface area contributed by atoms with E-state index in [0.29, 0.717) is 0 Å². The fraction of sp³-hybridized carbons (Fsp3) is 0. The Balaban J connectivity index is -0.00000000500. The third-order valence-corrected chi connectivity index (χ3v) is 0. The SMILES string of the molecule is OS.[NaH].[NaH]. The third kappa shape index (κ3) is 8.85. The topological polar surface area (TPSA) is 20.2 Å². The number of hydrogen-bond donors (Lipinski definition) is 2. The maximum atomic E-state index is 6.69. The molecule has 0 saturated heterocycles. The Bertz CT molecular complexity index is 6.00. The molecule has 0 saturated carbocycles. The van der Waals surface area contributed by atoms with Crippen molar-refractivity contribution in [3.63, 3.8) is 0 Å². The van der Waals surface area contributed by atoms with Gasteiger partial charge >= 0.3 is 59.1 Å². The summed E-state index contributed by atoms with van der Waals surface area (Å²) >= 11 is 2.53. The molecule has 0 aliphatic heterocycles. The van der Waals surface area contributed by atoms with Crippen LogP contribution in [-0.2, 0) is 0 Å². The van der Waals surface area contributed by atoms with Crippen molar-refractivity contribution in [2.75, 3.05) is 0 Å². The summed E-state index contributed by atoms with van der Waals surface area (Å²) in [5.41, 5.74) is 0. The molecule has 0 rings (SSSR count). The molecule has 0 unspecified atom stereocenters. The van der Waals surface area contributed by atoms with E-state index in [2.05, 4.69) is 12.9 Å². The first-order chi connectivity index (χ1) is 1.00. The van der Waals surface area contributed by atoms with Gasteiger partial charge in [-0.25, -0.2) is 0 Å². The van der Waals surface area contributed by atoms with Crippen LogP contribution >= 0.6 is 12.9 Å². The predicted octanol–water partition coefficient (Wildman–Crippen LogP) is -0.908. The first-order valence-electron chi connectivity index (χ1n) is 0.200. The van der Waals surface area contributed by atoms with E-state index >= 15 is 0 Å². The number of hydrogen-bond acceptors (Lipinski definition) is 2. The van der Waals surface area contributed by atoms with Crippen LogP contribution in [0.2, 0.25) is 0 Å². The zero-order valence-electron chi connectivity index (χ0n) is 0.894. The van der Waals surface area contributed by atoms with E-state index in [-0.39, 0.29) is 59.1 Å². The Morgan fingerprint density at radius 3 is 1.00 bits per heavy atom. The molecule has 4 heavy (non-hydrogen) atoms. The van der Waals surface area contributed by atoms with E-state index in [1.165, 1.54) is 0 Å². The summed E-state index contributed by atoms with van der Waals surface area (Å²) < 4.78 is 6.69. The Labute approximate surface area is 75.4 Å². The number of rotatable bonds is 0. The van der Waals surface area contributed by atoms with Gasteiger partial charge in [-0.05, 0) is 12.9 Å². The first-order valence-corrected chi connectivity index (χ1v) is 0.600. The minimum atomic E-state index is 0. The summed E-state index contributed by atoms with van der Waals surface area (Å²) in [6.45, 7) is 0. The van der Waals surface area contributed by atoms with Gasteiger partial charge < -0.3 is 4.55 Å². The molecule has 0 spiro atoms. The van der Waals surface area contributed by atoms with Gasteiger partial charge in [0.1, 0.15) is 0 Å². The Hall–Kier alpha value is 2.31. The van der Waals surface area contributed by atoms with Crippen molar-refractivity contribution in [1.82, 2.24) is 0 Å². The Morgan fingerprint density at radius 1 is 1.00 bits per heavy atom. The monoisotopic (exact) mass is 98.0 g/mol. The van der Waals surface area contributed by atoms with E-state index in [1.807, 2.05) is 0 Å². The molecule has 0 radical (unpaired) electrons. The predicted molar refractivity (Wildman–Crippen MR) is 25.9 cm³/mol. The molecular weight excluding hydrogens is 94.0 g/mol. The van der Waals surface area contributed by atoms with Gasteiger partial charge in [-0.3, -0.25) is 0 Å². The molecule has 0 aromatic heterocycles. The number of thiol groups is 1. The molecule has 1 N–H and O–H groups in total. The van der Waals surface area contributed by atoms with Crippen LogP contribution in [0.5, 0.6) is 0 Å². The normalized spacial score (nSPS) is 1.50. The summed E-state index contributed by atoms with van der Waals surface area (Å²) in [5, 5.41) is 0. The van der Waals surface area contributed by atoms with E-state index in [4.69, 9.17) is 4.55 Å². The molecule has 0 aromatic rings. The zero-order valence-corrected chi connectivity index (χ0v) is 1.79. The fourth-order valence-electron chi connectivity index (χ4n) is 0. The van der Waals surface area contributed by atoms with Gasteiger partial charge in [0.2, 0.25) is 0 Å². The molecule has 1 nitrogen and oxygen atoms in total. The average molecular weight is 98.1 g/mol. The second-order valence-corrected chi connectivity index (χ2v) is 0. The van der Waals surface area contributed by atoms with Crippen molar-refractivity contribution in [1.29, 1.82) is 0 Å². The minimum absolute atomic E-state index is 0. The first kappa shape index (κ1) is 16.2. The molecule has 0 aliphatic carbocycles. The van der Waals surface area contributed by atoms with Crippen LogP contribution in [0.15, 0.2) is 0 Å². The molecule has 18 valence electrons. The van der Waals surface area contributed by atoms with E-state index in [1.54, 1.807) is 0 Å². The van der Waals surface area contributed by atoms with Crippen molar-refractivity contribution in [3.8, 4) is 0 Å². The summed E-state index contributed by atoms with van der Waals surface area (Å²) in [5.74, 6) is 0. The van der Waals surface area contributed by atoms with Crippen LogP contribution in [0.25, 0.3) is 0 Å². The molecule has 4 heteroatoms. The molecule has 0 bridgehead atoms.